The van der Waals surface area contributed by atoms with Gasteiger partial charge in [0, 0.05) is 27.6 Å². The molecule has 0 saturated heterocycles. The fraction of sp³-hybridized carbons (Fsp3) is 0. The molecule has 0 amide bonds. The van der Waals surface area contributed by atoms with Crippen LogP contribution >= 0.6 is 0 Å². The largest absolute Gasteiger partial charge is 0.289 e. The van der Waals surface area contributed by atoms with Crippen molar-refractivity contribution in [2.24, 2.45) is 0 Å². The van der Waals surface area contributed by atoms with Gasteiger partial charge in [-0.2, -0.15) is 0 Å². The lowest BCUT2D eigenvalue weighted by molar-refractivity contribution is 0.100. The standard InChI is InChI=1S/C29H19NO2/c31-28(21-14-6-2-7-15-21)25-23-18-10-11-19-24(23)30-27(20-12-4-1-5-13-20)26(25)29(32)22-16-8-3-9-17-22/h1-19H. The molecule has 0 N–H and O–H groups in total. The maximum Gasteiger partial charge on any atom is 0.195 e. The minimum atomic E-state index is -0.220. The second-order valence-corrected chi connectivity index (χ2v) is 7.48. The fourth-order valence-corrected chi connectivity index (χ4v) is 3.94. The fourth-order valence-electron chi connectivity index (χ4n) is 3.94. The Balaban J connectivity index is 1.89. The topological polar surface area (TPSA) is 47.0 Å². The van der Waals surface area contributed by atoms with Crippen molar-refractivity contribution in [2.45, 2.75) is 0 Å². The van der Waals surface area contributed by atoms with E-state index < -0.39 is 0 Å². The van der Waals surface area contributed by atoms with Gasteiger partial charge in [-0.05, 0) is 6.07 Å². The molecule has 0 aliphatic carbocycles. The molecule has 1 heterocycles. The highest BCUT2D eigenvalue weighted by atomic mass is 16.1. The van der Waals surface area contributed by atoms with Gasteiger partial charge in [0.1, 0.15) is 0 Å². The first kappa shape index (κ1) is 19.6. The van der Waals surface area contributed by atoms with Crippen LogP contribution in [-0.2, 0) is 0 Å². The average molecular weight is 413 g/mol. The molecule has 3 nitrogen and oxygen atoms in total. The van der Waals surface area contributed by atoms with E-state index in [1.54, 1.807) is 24.3 Å². The van der Waals surface area contributed by atoms with E-state index in [1.807, 2.05) is 91.0 Å². The number of carbonyl (C=O) groups excluding carboxylic acids is 2. The monoisotopic (exact) mass is 413 g/mol. The van der Waals surface area contributed by atoms with Crippen molar-refractivity contribution in [3.05, 3.63) is 138 Å². The number of carbonyl (C=O) groups is 2. The zero-order chi connectivity index (χ0) is 21.9. The Bertz CT molecular complexity index is 1430. The zero-order valence-corrected chi connectivity index (χ0v) is 17.2. The Morgan fingerprint density at radius 3 is 1.56 bits per heavy atom. The molecule has 0 saturated carbocycles. The van der Waals surface area contributed by atoms with Crippen LogP contribution in [0.1, 0.15) is 31.8 Å². The van der Waals surface area contributed by atoms with Crippen LogP contribution in [0.3, 0.4) is 0 Å². The van der Waals surface area contributed by atoms with Crippen LogP contribution < -0.4 is 0 Å². The van der Waals surface area contributed by atoms with Gasteiger partial charge in [-0.15, -0.1) is 0 Å². The summed E-state index contributed by atoms with van der Waals surface area (Å²) in [6, 6.07) is 35.1. The predicted molar refractivity (Wildman–Crippen MR) is 127 cm³/mol. The van der Waals surface area contributed by atoms with Crippen molar-refractivity contribution in [3.8, 4) is 11.3 Å². The number of para-hydroxylation sites is 1. The molecule has 0 fully saturated rings. The maximum atomic E-state index is 13.8. The van der Waals surface area contributed by atoms with Crippen molar-refractivity contribution < 1.29 is 9.59 Å². The number of aromatic nitrogens is 1. The first-order valence-electron chi connectivity index (χ1n) is 10.4. The summed E-state index contributed by atoms with van der Waals surface area (Å²) in [5.74, 6) is -0.414. The van der Waals surface area contributed by atoms with Gasteiger partial charge in [0.05, 0.1) is 16.8 Å². The van der Waals surface area contributed by atoms with Gasteiger partial charge >= 0.3 is 0 Å². The van der Waals surface area contributed by atoms with E-state index in [0.717, 1.165) is 5.56 Å². The summed E-state index contributed by atoms with van der Waals surface area (Å²) in [4.78, 5) is 32.5. The van der Waals surface area contributed by atoms with E-state index in [-0.39, 0.29) is 11.6 Å². The summed E-state index contributed by atoms with van der Waals surface area (Å²) in [6.07, 6.45) is 0. The summed E-state index contributed by atoms with van der Waals surface area (Å²) in [5, 5.41) is 0.667. The smallest absolute Gasteiger partial charge is 0.195 e. The van der Waals surface area contributed by atoms with Crippen molar-refractivity contribution in [1.29, 1.82) is 0 Å². The molecule has 0 spiro atoms. The minimum Gasteiger partial charge on any atom is -0.289 e. The number of hydrogen-bond acceptors (Lipinski definition) is 3. The molecule has 1 aromatic heterocycles. The Morgan fingerprint density at radius 1 is 0.500 bits per heavy atom. The van der Waals surface area contributed by atoms with Crippen LogP contribution in [0.15, 0.2) is 115 Å². The number of pyridine rings is 1. The van der Waals surface area contributed by atoms with Gasteiger partial charge in [-0.25, -0.2) is 4.98 Å². The van der Waals surface area contributed by atoms with Crippen LogP contribution in [0.25, 0.3) is 22.2 Å². The van der Waals surface area contributed by atoms with E-state index in [1.165, 1.54) is 0 Å². The summed E-state index contributed by atoms with van der Waals surface area (Å²) in [7, 11) is 0. The van der Waals surface area contributed by atoms with Gasteiger partial charge in [-0.1, -0.05) is 109 Å². The number of nitrogens with zero attached hydrogens (tertiary/aromatic N) is 1. The summed E-state index contributed by atoms with van der Waals surface area (Å²) in [5.41, 5.74) is 3.74. The van der Waals surface area contributed by atoms with Crippen LogP contribution in [0.2, 0.25) is 0 Å². The van der Waals surface area contributed by atoms with Crippen molar-refractivity contribution in [3.63, 3.8) is 0 Å². The van der Waals surface area contributed by atoms with E-state index in [2.05, 4.69) is 0 Å². The lowest BCUT2D eigenvalue weighted by atomic mass is 9.87. The van der Waals surface area contributed by atoms with E-state index >= 15 is 0 Å². The normalized spacial score (nSPS) is 10.8. The SMILES string of the molecule is O=C(c1ccccc1)c1c(-c2ccccc2)nc2ccccc2c1C(=O)c1ccccc1. The van der Waals surface area contributed by atoms with Gasteiger partial charge in [0.15, 0.2) is 11.6 Å². The molecule has 0 radical (unpaired) electrons. The van der Waals surface area contributed by atoms with E-state index in [9.17, 15) is 9.59 Å². The summed E-state index contributed by atoms with van der Waals surface area (Å²) >= 11 is 0. The molecule has 4 aromatic carbocycles. The number of fused-ring (bicyclic) bond motifs is 1. The number of rotatable bonds is 5. The predicted octanol–water partition coefficient (Wildman–Crippen LogP) is 6.36. The number of hydrogen-bond donors (Lipinski definition) is 0. The van der Waals surface area contributed by atoms with Crippen LogP contribution in [0.5, 0.6) is 0 Å². The molecule has 0 unspecified atom stereocenters. The average Bonchev–Trinajstić information content (AvgIpc) is 2.88. The second-order valence-electron chi connectivity index (χ2n) is 7.48. The molecule has 5 aromatic rings. The highest BCUT2D eigenvalue weighted by molar-refractivity contribution is 6.26. The van der Waals surface area contributed by atoms with Gasteiger partial charge in [0.2, 0.25) is 0 Å². The Morgan fingerprint density at radius 2 is 0.969 bits per heavy atom. The van der Waals surface area contributed by atoms with E-state index in [0.29, 0.717) is 38.9 Å². The molecule has 0 aliphatic heterocycles. The second kappa shape index (κ2) is 8.40. The molecule has 0 bridgehead atoms. The first-order chi connectivity index (χ1) is 15.7. The number of ketones is 2. The molecule has 152 valence electrons. The van der Waals surface area contributed by atoms with Crippen LogP contribution in [0.4, 0.5) is 0 Å². The maximum absolute atomic E-state index is 13.8. The highest BCUT2D eigenvalue weighted by Crippen LogP contribution is 2.33. The third kappa shape index (κ3) is 3.50. The molecule has 0 atom stereocenters. The van der Waals surface area contributed by atoms with Crippen molar-refractivity contribution >= 4 is 22.5 Å². The quantitative estimate of drug-likeness (QED) is 0.315. The van der Waals surface area contributed by atoms with Gasteiger partial charge in [0.25, 0.3) is 0 Å². The Hall–Kier alpha value is -4.37. The van der Waals surface area contributed by atoms with Gasteiger partial charge < -0.3 is 0 Å². The molecule has 32 heavy (non-hydrogen) atoms. The van der Waals surface area contributed by atoms with Crippen molar-refractivity contribution in [2.75, 3.05) is 0 Å². The van der Waals surface area contributed by atoms with E-state index in [4.69, 9.17) is 4.98 Å². The lowest BCUT2D eigenvalue weighted by Crippen LogP contribution is -2.15. The molecular formula is C29H19NO2. The van der Waals surface area contributed by atoms with Crippen LogP contribution in [0, 0.1) is 0 Å². The molecule has 0 aliphatic rings. The Labute approximate surface area is 186 Å². The summed E-state index contributed by atoms with van der Waals surface area (Å²) < 4.78 is 0. The highest BCUT2D eigenvalue weighted by Gasteiger charge is 2.27. The molecule has 3 heteroatoms. The lowest BCUT2D eigenvalue weighted by Gasteiger charge is -2.16. The third-order valence-corrected chi connectivity index (χ3v) is 5.47. The van der Waals surface area contributed by atoms with Crippen LogP contribution in [-0.4, -0.2) is 16.6 Å². The van der Waals surface area contributed by atoms with Crippen molar-refractivity contribution in [1.82, 2.24) is 4.98 Å². The number of benzene rings is 4. The first-order valence-corrected chi connectivity index (χ1v) is 10.4. The zero-order valence-electron chi connectivity index (χ0n) is 17.2. The third-order valence-electron chi connectivity index (χ3n) is 5.47. The summed E-state index contributed by atoms with van der Waals surface area (Å²) in [6.45, 7) is 0. The minimum absolute atomic E-state index is 0.194. The van der Waals surface area contributed by atoms with Gasteiger partial charge in [-0.3, -0.25) is 9.59 Å². The Kier molecular flexibility index (Phi) is 5.14. The molecular weight excluding hydrogens is 394 g/mol. The molecule has 5 rings (SSSR count).